The van der Waals surface area contributed by atoms with Crippen LogP contribution in [0.15, 0.2) is 12.1 Å². The van der Waals surface area contributed by atoms with Gasteiger partial charge in [0.2, 0.25) is 5.91 Å². The number of hydrogen-bond acceptors (Lipinski definition) is 6. The van der Waals surface area contributed by atoms with Gasteiger partial charge in [-0.3, -0.25) is 19.7 Å². The van der Waals surface area contributed by atoms with E-state index in [9.17, 15) is 32.9 Å². The molecule has 162 valence electrons. The van der Waals surface area contributed by atoms with E-state index in [2.05, 4.69) is 4.98 Å². The molecule has 0 fully saturated rings. The van der Waals surface area contributed by atoms with E-state index in [0.29, 0.717) is 16.2 Å². The molecule has 0 radical (unpaired) electrons. The second-order valence-electron chi connectivity index (χ2n) is 6.21. The van der Waals surface area contributed by atoms with Gasteiger partial charge in [0.15, 0.2) is 5.69 Å². The molecule has 30 heavy (non-hydrogen) atoms. The predicted molar refractivity (Wildman–Crippen MR) is 106 cm³/mol. The number of carbonyl (C=O) groups is 2. The Morgan fingerprint density at radius 2 is 1.83 bits per heavy atom. The van der Waals surface area contributed by atoms with Gasteiger partial charge in [-0.25, -0.2) is 9.88 Å². The number of hydrogen-bond donors (Lipinski definition) is 0. The summed E-state index contributed by atoms with van der Waals surface area (Å²) in [5.41, 5.74) is -2.38. The van der Waals surface area contributed by atoms with E-state index < -0.39 is 60.8 Å². The zero-order valence-electron chi connectivity index (χ0n) is 15.7. The van der Waals surface area contributed by atoms with Crippen molar-refractivity contribution in [3.8, 4) is 0 Å². The molecule has 0 bridgehead atoms. The number of anilines is 1. The number of imide groups is 1. The van der Waals surface area contributed by atoms with Gasteiger partial charge >= 0.3 is 6.18 Å². The molecule has 0 saturated carbocycles. The van der Waals surface area contributed by atoms with Gasteiger partial charge in [-0.1, -0.05) is 37.0 Å². The van der Waals surface area contributed by atoms with Crippen molar-refractivity contribution in [3.05, 3.63) is 47.9 Å². The van der Waals surface area contributed by atoms with Crippen LogP contribution < -0.4 is 4.90 Å². The molecular formula is C17H14Cl2F3N3O4S. The van der Waals surface area contributed by atoms with Crippen molar-refractivity contribution in [2.75, 3.05) is 4.90 Å². The molecule has 0 spiro atoms. The third-order valence-electron chi connectivity index (χ3n) is 4.09. The maximum absolute atomic E-state index is 13.4. The highest BCUT2D eigenvalue weighted by atomic mass is 35.5. The fourth-order valence-corrected chi connectivity index (χ4v) is 3.96. The first-order valence-corrected chi connectivity index (χ1v) is 9.93. The molecule has 0 aliphatic carbocycles. The topological polar surface area (TPSA) is 93.4 Å². The SMILES string of the molecule is CCC(C)C(=O)N(C(=O)c1sc(C)nc1C(F)(F)F)c1c(Cl)cc([N+](=O)[O-])cc1Cl. The Kier molecular flexibility index (Phi) is 7.10. The highest BCUT2D eigenvalue weighted by Crippen LogP contribution is 2.41. The molecule has 1 aromatic heterocycles. The number of amides is 2. The quantitative estimate of drug-likeness (QED) is 0.389. The van der Waals surface area contributed by atoms with Crippen LogP contribution in [0.3, 0.4) is 0 Å². The molecule has 1 aromatic carbocycles. The summed E-state index contributed by atoms with van der Waals surface area (Å²) >= 11 is 12.6. The van der Waals surface area contributed by atoms with Crippen molar-refractivity contribution in [3.63, 3.8) is 0 Å². The number of carbonyl (C=O) groups excluding carboxylic acids is 2. The molecule has 2 amide bonds. The van der Waals surface area contributed by atoms with Crippen molar-refractivity contribution in [2.45, 2.75) is 33.4 Å². The predicted octanol–water partition coefficient (Wildman–Crippen LogP) is 5.90. The molecule has 2 aromatic rings. The van der Waals surface area contributed by atoms with Crippen LogP contribution in [0.1, 0.15) is 40.6 Å². The lowest BCUT2D eigenvalue weighted by Gasteiger charge is -2.25. The smallest absolute Gasteiger partial charge is 0.274 e. The molecule has 0 aliphatic rings. The second kappa shape index (κ2) is 8.86. The van der Waals surface area contributed by atoms with Crippen LogP contribution in [0.25, 0.3) is 0 Å². The number of thiazole rings is 1. The monoisotopic (exact) mass is 483 g/mol. The fraction of sp³-hybridized carbons (Fsp3) is 0.353. The maximum atomic E-state index is 13.4. The molecule has 0 saturated heterocycles. The minimum Gasteiger partial charge on any atom is -0.274 e. The summed E-state index contributed by atoms with van der Waals surface area (Å²) in [6.45, 7) is 4.39. The normalized spacial score (nSPS) is 12.5. The van der Waals surface area contributed by atoms with E-state index in [1.165, 1.54) is 13.8 Å². The summed E-state index contributed by atoms with van der Waals surface area (Å²) in [7, 11) is 0. The van der Waals surface area contributed by atoms with Crippen LogP contribution in [-0.4, -0.2) is 21.7 Å². The molecule has 1 atom stereocenters. The number of aryl methyl sites for hydroxylation is 1. The number of aromatic nitrogens is 1. The summed E-state index contributed by atoms with van der Waals surface area (Å²) in [6, 6.07) is 1.71. The number of nitrogens with zero attached hydrogens (tertiary/aromatic N) is 3. The lowest BCUT2D eigenvalue weighted by atomic mass is 10.1. The highest BCUT2D eigenvalue weighted by Gasteiger charge is 2.42. The molecule has 13 heteroatoms. The summed E-state index contributed by atoms with van der Waals surface area (Å²) in [6.07, 6.45) is -4.68. The zero-order chi connectivity index (χ0) is 23.0. The number of non-ortho nitro benzene ring substituents is 1. The van der Waals surface area contributed by atoms with Gasteiger partial charge in [-0.2, -0.15) is 13.2 Å². The Morgan fingerprint density at radius 1 is 1.30 bits per heavy atom. The zero-order valence-corrected chi connectivity index (χ0v) is 18.0. The van der Waals surface area contributed by atoms with Gasteiger partial charge in [0.25, 0.3) is 11.6 Å². The van der Waals surface area contributed by atoms with Crippen LogP contribution >= 0.6 is 34.5 Å². The van der Waals surface area contributed by atoms with E-state index in [0.717, 1.165) is 12.1 Å². The van der Waals surface area contributed by atoms with E-state index in [1.807, 2.05) is 0 Å². The first-order valence-electron chi connectivity index (χ1n) is 8.35. The van der Waals surface area contributed by atoms with Crippen molar-refractivity contribution in [1.82, 2.24) is 4.98 Å². The number of nitro groups is 1. The molecule has 0 N–H and O–H groups in total. The van der Waals surface area contributed by atoms with Gasteiger partial charge in [0.05, 0.1) is 25.7 Å². The minimum absolute atomic E-state index is 0.0393. The molecule has 7 nitrogen and oxygen atoms in total. The third kappa shape index (κ3) is 4.73. The van der Waals surface area contributed by atoms with Crippen molar-refractivity contribution in [1.29, 1.82) is 0 Å². The van der Waals surface area contributed by atoms with Crippen LogP contribution in [0.2, 0.25) is 10.0 Å². The van der Waals surface area contributed by atoms with Crippen LogP contribution in [0.5, 0.6) is 0 Å². The Hall–Kier alpha value is -2.24. The number of benzene rings is 1. The lowest BCUT2D eigenvalue weighted by Crippen LogP contribution is -2.41. The second-order valence-corrected chi connectivity index (χ2v) is 8.23. The summed E-state index contributed by atoms with van der Waals surface area (Å²) < 4.78 is 40.1. The summed E-state index contributed by atoms with van der Waals surface area (Å²) in [4.78, 5) is 39.3. The number of rotatable bonds is 5. The Bertz CT molecular complexity index is 1000. The van der Waals surface area contributed by atoms with Gasteiger partial charge in [-0.05, 0) is 13.3 Å². The maximum Gasteiger partial charge on any atom is 0.435 e. The molecule has 2 rings (SSSR count). The summed E-state index contributed by atoms with van der Waals surface area (Å²) in [5, 5.41) is 10.1. The largest absolute Gasteiger partial charge is 0.435 e. The first-order chi connectivity index (χ1) is 13.8. The Balaban J connectivity index is 2.75. The fourth-order valence-electron chi connectivity index (χ4n) is 2.44. The number of halogens is 5. The van der Waals surface area contributed by atoms with Crippen molar-refractivity contribution in [2.24, 2.45) is 5.92 Å². The van der Waals surface area contributed by atoms with E-state index in [-0.39, 0.29) is 11.4 Å². The van der Waals surface area contributed by atoms with Gasteiger partial charge < -0.3 is 0 Å². The number of nitro benzene ring substituents is 1. The van der Waals surface area contributed by atoms with Crippen molar-refractivity contribution < 1.29 is 27.7 Å². The molecule has 1 heterocycles. The first kappa shape index (κ1) is 24.0. The molecule has 1 unspecified atom stereocenters. The van der Waals surface area contributed by atoms with Gasteiger partial charge in [0, 0.05) is 18.1 Å². The standard InChI is InChI=1S/C17H14Cl2F3N3O4S/c1-4-7(2)15(26)24(12-10(18)5-9(25(28)29)6-11(12)19)16(27)13-14(17(20,21)22)23-8(3)30-13/h5-7H,4H2,1-3H3. The van der Waals surface area contributed by atoms with Crippen LogP contribution in [-0.2, 0) is 11.0 Å². The van der Waals surface area contributed by atoms with Gasteiger partial charge in [0.1, 0.15) is 4.88 Å². The van der Waals surface area contributed by atoms with E-state index in [4.69, 9.17) is 23.2 Å². The third-order valence-corrected chi connectivity index (χ3v) is 5.63. The average Bonchev–Trinajstić information content (AvgIpc) is 3.05. The van der Waals surface area contributed by atoms with Crippen LogP contribution in [0.4, 0.5) is 24.5 Å². The van der Waals surface area contributed by atoms with Crippen LogP contribution in [0, 0.1) is 23.0 Å². The average molecular weight is 484 g/mol. The lowest BCUT2D eigenvalue weighted by molar-refractivity contribution is -0.384. The Labute approximate surface area is 182 Å². The van der Waals surface area contributed by atoms with E-state index in [1.54, 1.807) is 6.92 Å². The molecule has 0 aliphatic heterocycles. The van der Waals surface area contributed by atoms with E-state index >= 15 is 0 Å². The number of alkyl halides is 3. The van der Waals surface area contributed by atoms with Gasteiger partial charge in [-0.15, -0.1) is 11.3 Å². The Morgan fingerprint density at radius 3 is 2.27 bits per heavy atom. The minimum atomic E-state index is -4.94. The summed E-state index contributed by atoms with van der Waals surface area (Å²) in [5.74, 6) is -2.96. The highest BCUT2D eigenvalue weighted by molar-refractivity contribution is 7.14. The van der Waals surface area contributed by atoms with Crippen molar-refractivity contribution >= 4 is 57.7 Å². The molecular weight excluding hydrogens is 470 g/mol.